The molecule has 20 fully saturated rings. The predicted octanol–water partition coefficient (Wildman–Crippen LogP) is 21.1. The lowest BCUT2D eigenvalue weighted by Crippen LogP contribution is -2.58. The van der Waals surface area contributed by atoms with Crippen molar-refractivity contribution in [1.29, 1.82) is 0 Å². The number of ether oxygens (including phenoxy) is 11. The van der Waals surface area contributed by atoms with Gasteiger partial charge in [0, 0.05) is 13.8 Å². The largest absolute Gasteiger partial charge is 0.462 e. The van der Waals surface area contributed by atoms with Gasteiger partial charge in [0.25, 0.3) is 0 Å². The van der Waals surface area contributed by atoms with Gasteiger partial charge in [-0.05, 0) is 367 Å². The number of benzene rings is 6. The van der Waals surface area contributed by atoms with E-state index in [9.17, 15) is 51.1 Å². The molecule has 20 aliphatic rings. The normalized spacial score (nSPS) is 34.4. The Bertz CT molecular complexity index is 4570. The first-order valence-electron chi connectivity index (χ1n) is 49.8. The summed E-state index contributed by atoms with van der Waals surface area (Å²) in [6.45, 7) is 4.72. The molecule has 720 valence electrons. The van der Waals surface area contributed by atoms with Crippen molar-refractivity contribution in [3.05, 3.63) is 182 Å². The number of carbonyl (C=O) groups excluding carboxylic acids is 7. The molecule has 0 amide bonds. The maximum absolute atomic E-state index is 13.9. The van der Waals surface area contributed by atoms with E-state index in [4.69, 9.17) is 52.1 Å². The molecule has 4 unspecified atom stereocenters. The van der Waals surface area contributed by atoms with E-state index in [1.54, 1.807) is 0 Å². The minimum Gasteiger partial charge on any atom is -0.462 e. The molecule has 0 saturated heterocycles. The zero-order valence-electron chi connectivity index (χ0n) is 78.1. The van der Waals surface area contributed by atoms with Gasteiger partial charge in [0.15, 0.2) is 29.4 Å². The van der Waals surface area contributed by atoms with Crippen LogP contribution in [-0.2, 0) is 107 Å². The summed E-state index contributed by atoms with van der Waals surface area (Å²) in [7, 11) is -0.0293. The molecule has 20 saturated carbocycles. The molecule has 0 heterocycles. The molecule has 4 atom stereocenters. The van der Waals surface area contributed by atoms with Crippen molar-refractivity contribution in [3.63, 3.8) is 0 Å². The highest BCUT2D eigenvalue weighted by molar-refractivity contribution is 7.97. The van der Waals surface area contributed by atoms with Crippen LogP contribution >= 0.6 is 0 Å². The van der Waals surface area contributed by atoms with E-state index in [0.717, 1.165) is 163 Å². The fraction of sp³-hybridized carbons (Fsp3) is 0.609. The second kappa shape index (κ2) is 41.1. The second-order valence-electron chi connectivity index (χ2n) is 43.3. The molecule has 24 heteroatoms. The van der Waals surface area contributed by atoms with E-state index in [1.807, 2.05) is 6.92 Å². The fourth-order valence-electron chi connectivity index (χ4n) is 28.6. The molecule has 26 rings (SSSR count). The first kappa shape index (κ1) is 96.2. The van der Waals surface area contributed by atoms with Gasteiger partial charge in [-0.3, -0.25) is 4.79 Å². The van der Waals surface area contributed by atoms with Crippen LogP contribution in [0.4, 0.5) is 17.6 Å². The van der Waals surface area contributed by atoms with Crippen LogP contribution in [0.5, 0.6) is 0 Å². The van der Waals surface area contributed by atoms with Crippen LogP contribution in [0.25, 0.3) is 0 Å². The summed E-state index contributed by atoms with van der Waals surface area (Å²) >= 11 is 0. The van der Waals surface area contributed by atoms with Gasteiger partial charge >= 0.3 is 53.6 Å². The van der Waals surface area contributed by atoms with Crippen molar-refractivity contribution >= 4 is 63.6 Å². The average molecular weight is 1880 g/mol. The molecular weight excluding hydrogens is 1750 g/mol. The lowest BCUT2D eigenvalue weighted by Gasteiger charge is -2.59. The van der Waals surface area contributed by atoms with Crippen molar-refractivity contribution < 1.29 is 103 Å². The van der Waals surface area contributed by atoms with Gasteiger partial charge < -0.3 is 52.1 Å². The van der Waals surface area contributed by atoms with Crippen molar-refractivity contribution in [1.82, 2.24) is 0 Å². The third-order valence-corrected chi connectivity index (χ3v) is 38.3. The number of hydrogen-bond acceptors (Lipinski definition) is 18. The van der Waals surface area contributed by atoms with Gasteiger partial charge in [0.05, 0.1) is 40.4 Å². The molecule has 0 aromatic heterocycles. The van der Waals surface area contributed by atoms with Crippen molar-refractivity contribution in [2.45, 2.75) is 278 Å². The molecule has 134 heavy (non-hydrogen) atoms. The maximum Gasteiger partial charge on any atom is 0.376 e. The number of esters is 7. The maximum atomic E-state index is 13.9. The smallest absolute Gasteiger partial charge is 0.376 e. The third-order valence-electron chi connectivity index (χ3n) is 33.9. The zero-order chi connectivity index (χ0) is 93.3. The van der Waals surface area contributed by atoms with E-state index >= 15 is 0 Å². The number of halogens is 4. The quantitative estimate of drug-likeness (QED) is 0.0166. The molecule has 6 aromatic rings. The van der Waals surface area contributed by atoms with Crippen LogP contribution in [0.2, 0.25) is 0 Å². The summed E-state index contributed by atoms with van der Waals surface area (Å²) in [5.74, 6) is -4.00. The molecule has 20 bridgehead atoms. The van der Waals surface area contributed by atoms with Crippen LogP contribution in [-0.4, -0.2) is 148 Å². The van der Waals surface area contributed by atoms with Crippen LogP contribution in [0.3, 0.4) is 0 Å². The van der Waals surface area contributed by atoms with Crippen LogP contribution in [0.15, 0.2) is 211 Å². The van der Waals surface area contributed by atoms with Gasteiger partial charge in [-0.2, -0.15) is 17.6 Å². The van der Waals surface area contributed by atoms with Gasteiger partial charge in [0.1, 0.15) is 80.9 Å². The minimum absolute atomic E-state index is 0.0146. The Balaban J connectivity index is 0.000000132. The molecule has 0 spiro atoms. The molecule has 20 aliphatic carbocycles. The van der Waals surface area contributed by atoms with Gasteiger partial charge in [0.2, 0.25) is 0 Å². The summed E-state index contributed by atoms with van der Waals surface area (Å²) in [6.07, 6.45) is 23.1. The summed E-state index contributed by atoms with van der Waals surface area (Å²) in [4.78, 5) is 97.9. The Morgan fingerprint density at radius 2 is 0.582 bits per heavy atom. The number of rotatable bonds is 32. The molecule has 18 nitrogen and oxygen atoms in total. The molecule has 0 radical (unpaired) electrons. The molecule has 6 aromatic carbocycles. The van der Waals surface area contributed by atoms with Gasteiger partial charge in [-0.15, -0.1) is 0 Å². The molecule has 0 aliphatic heterocycles. The summed E-state index contributed by atoms with van der Waals surface area (Å²) < 4.78 is 118. The lowest BCUT2D eigenvalue weighted by atomic mass is 9.48. The summed E-state index contributed by atoms with van der Waals surface area (Å²) in [5, 5.41) is 0. The highest BCUT2D eigenvalue weighted by Crippen LogP contribution is 2.65. The summed E-state index contributed by atoms with van der Waals surface area (Å²) in [5.41, 5.74) is -2.33. The minimum atomic E-state index is -3.67. The topological polar surface area (TPSA) is 221 Å². The Morgan fingerprint density at radius 3 is 0.888 bits per heavy atom. The van der Waals surface area contributed by atoms with Crippen molar-refractivity contribution in [2.24, 2.45) is 118 Å². The van der Waals surface area contributed by atoms with Crippen LogP contribution in [0.1, 0.15) is 195 Å². The van der Waals surface area contributed by atoms with Crippen molar-refractivity contribution in [3.8, 4) is 0 Å². The number of alkyl halides is 4. The number of carbonyl (C=O) groups is 7. The van der Waals surface area contributed by atoms with E-state index < -0.39 is 107 Å². The van der Waals surface area contributed by atoms with Gasteiger partial charge in [-0.25, -0.2) is 28.8 Å². The van der Waals surface area contributed by atoms with Crippen LogP contribution in [0, 0.1) is 118 Å². The van der Waals surface area contributed by atoms with E-state index in [1.165, 1.54) is 55.1 Å². The Morgan fingerprint density at radius 1 is 0.313 bits per heavy atom. The standard InChI is InChI=1S/C43H60F2O10.C31H44F2O8.2C18H15S/c1-40(30-8-23-4-24(10-30)11-31(40)9-23)54-35(46)21-50-19-34(51-22-36(47)55-41(2)32-12-25-5-26(14-32)15-33(41)13-25)20-52-39(49)43-16-27-6-28(17-43)37(29(7-27)18-43)53-38(48)42(3,44)45;1-30(23-9-19-4-20(11-23)12-24(30)10-19)41-27(35)16-38-25(14-39-29(36)31(2,32)33)13-37-15-26(34)40-28-21-5-17-3-18(7-21)8-22(28)6-17;2*1-4-10-16(11-5-1)19(17-12-6-2-7-13-17)18-14-8-3-9-15-18/h23-34,37H,4-22H2,1-3H3;17-25,28H,3-16H2,1-2H3;2*1-15H/q;;2*+1. The highest BCUT2D eigenvalue weighted by Gasteiger charge is 2.64. The van der Waals surface area contributed by atoms with Crippen LogP contribution < -0.4 is 0 Å². The zero-order valence-corrected chi connectivity index (χ0v) is 79.7. The Hall–Kier alpha value is -8.13. The Labute approximate surface area is 792 Å². The third kappa shape index (κ3) is 22.0. The molecule has 0 N–H and O–H groups in total. The van der Waals surface area contributed by atoms with Crippen molar-refractivity contribution in [2.75, 3.05) is 52.9 Å². The Kier molecular flexibility index (Phi) is 29.5. The fourth-order valence-corrected chi connectivity index (χ4v) is 32.8. The van der Waals surface area contributed by atoms with Gasteiger partial charge in [-0.1, -0.05) is 109 Å². The second-order valence-corrected chi connectivity index (χ2v) is 47.3. The average Bonchev–Trinajstić information content (AvgIpc) is 0.745. The lowest BCUT2D eigenvalue weighted by molar-refractivity contribution is -0.213. The molecular formula is C110H134F4O18S2+2. The predicted molar refractivity (Wildman–Crippen MR) is 495 cm³/mol. The van der Waals surface area contributed by atoms with E-state index in [2.05, 4.69) is 196 Å². The number of hydrogen-bond donors (Lipinski definition) is 0. The SMILES string of the molecule is CC(F)(F)C(=O)OC1C2CC3CC1CC(C(=O)OCC(COCC(=O)OC1(C)C4CC5CC(C4)CC1C5)OCC(=O)OC1(C)C4CC5CC(C4)CC1C5)(C3)C2.CC(F)(F)C(=O)OCC(COCC(=O)OC1C2CC3CC(C2)CC1C3)OCC(=O)OC1(C)C2CC3CC(C2)CC1C3.c1ccc([S+](c2ccccc2)c2ccccc2)cc1.c1ccc([S+](c2ccccc2)c2ccccc2)cc1. The highest BCUT2D eigenvalue weighted by atomic mass is 32.2. The first-order chi connectivity index (χ1) is 64.4. The monoisotopic (exact) mass is 1880 g/mol. The summed E-state index contributed by atoms with van der Waals surface area (Å²) in [6, 6.07) is 64.3. The first-order valence-corrected chi connectivity index (χ1v) is 52.2. The van der Waals surface area contributed by atoms with E-state index in [0.29, 0.717) is 80.5 Å². The van der Waals surface area contributed by atoms with E-state index in [-0.39, 0.29) is 85.3 Å².